The minimum absolute atomic E-state index is 0. The number of benzene rings is 4. The molecule has 5 nitrogen and oxygen atoms in total. The summed E-state index contributed by atoms with van der Waals surface area (Å²) in [6.07, 6.45) is 5.82. The molecule has 7 aromatic rings. The molecule has 0 fully saturated rings. The standard InChI is InChI=1S/C33H21N4OS.Pt/c1-35-17-18-36(21-35)22-7-6-8-23(19-22)38-24-12-13-25-26-14-15-30-32(27-9-2-3-10-29(27)39-30)33(26)37(28(25)20-24)31-11-4-5-16-34-31;/h2-18,21H,1H3;/q-3;. The molecule has 0 spiro atoms. The van der Waals surface area contributed by atoms with Crippen LogP contribution in [0, 0.1) is 18.8 Å². The number of fused-ring (bicyclic) bond motifs is 7. The van der Waals surface area contributed by atoms with Crippen molar-refractivity contribution < 1.29 is 25.8 Å². The molecule has 0 bridgehead atoms. The summed E-state index contributed by atoms with van der Waals surface area (Å²) in [5.74, 6) is 2.11. The number of anilines is 1. The number of ether oxygens (including phenoxy) is 1. The van der Waals surface area contributed by atoms with Gasteiger partial charge in [0.2, 0.25) is 0 Å². The molecular formula is C33H21N4OPtS-3. The minimum Gasteiger partial charge on any atom is -0.510 e. The first-order valence-electron chi connectivity index (χ1n) is 12.7. The summed E-state index contributed by atoms with van der Waals surface area (Å²) in [5, 5.41) is 4.78. The number of thiophene rings is 1. The van der Waals surface area contributed by atoms with Gasteiger partial charge in [-0.3, -0.25) is 0 Å². The van der Waals surface area contributed by atoms with E-state index in [9.17, 15) is 0 Å². The van der Waals surface area contributed by atoms with Crippen LogP contribution in [0.3, 0.4) is 0 Å². The smallest absolute Gasteiger partial charge is 0.135 e. The number of pyridine rings is 1. The van der Waals surface area contributed by atoms with E-state index in [0.29, 0.717) is 11.5 Å². The Labute approximate surface area is 249 Å². The molecule has 1 aliphatic heterocycles. The quantitative estimate of drug-likeness (QED) is 0.172. The monoisotopic (exact) mass is 716 g/mol. The first-order chi connectivity index (χ1) is 19.2. The van der Waals surface area contributed by atoms with Gasteiger partial charge >= 0.3 is 0 Å². The molecular weight excluding hydrogens is 696 g/mol. The molecule has 4 aromatic carbocycles. The van der Waals surface area contributed by atoms with Gasteiger partial charge in [0, 0.05) is 58.9 Å². The summed E-state index contributed by atoms with van der Waals surface area (Å²) < 4.78 is 11.1. The van der Waals surface area contributed by atoms with Crippen molar-refractivity contribution in [2.24, 2.45) is 0 Å². The first-order valence-corrected chi connectivity index (χ1v) is 13.5. The van der Waals surface area contributed by atoms with Crippen molar-refractivity contribution in [1.82, 2.24) is 14.5 Å². The van der Waals surface area contributed by atoms with Gasteiger partial charge in [-0.15, -0.1) is 52.7 Å². The molecule has 0 radical (unpaired) electrons. The molecule has 0 saturated carbocycles. The Morgan fingerprint density at radius 3 is 2.48 bits per heavy atom. The van der Waals surface area contributed by atoms with Crippen molar-refractivity contribution in [2.75, 3.05) is 11.9 Å². The Morgan fingerprint density at radius 2 is 1.62 bits per heavy atom. The SMILES string of the molecule is CN1C=CN(c2[c-]c(Oc3[c-]c4c(cc3)c3ccc5sc6ccccc6c5c3n4-c3ccccn3)ccc2)[CH-]1.[Pt]. The van der Waals surface area contributed by atoms with Crippen LogP contribution >= 0.6 is 11.3 Å². The topological polar surface area (TPSA) is 33.5 Å². The summed E-state index contributed by atoms with van der Waals surface area (Å²) in [7, 11) is 1.99. The second kappa shape index (κ2) is 9.81. The van der Waals surface area contributed by atoms with Crippen molar-refractivity contribution in [3.8, 4) is 17.3 Å². The number of aromatic nitrogens is 2. The molecule has 4 heterocycles. The van der Waals surface area contributed by atoms with E-state index in [-0.39, 0.29) is 21.1 Å². The predicted octanol–water partition coefficient (Wildman–Crippen LogP) is 8.28. The molecule has 0 aliphatic carbocycles. The van der Waals surface area contributed by atoms with E-state index in [2.05, 4.69) is 59.2 Å². The van der Waals surface area contributed by atoms with Gasteiger partial charge in [0.05, 0.1) is 5.52 Å². The molecule has 0 unspecified atom stereocenters. The third kappa shape index (κ3) is 3.98. The van der Waals surface area contributed by atoms with Crippen molar-refractivity contribution in [3.05, 3.63) is 122 Å². The van der Waals surface area contributed by atoms with E-state index in [0.717, 1.165) is 27.9 Å². The van der Waals surface area contributed by atoms with Gasteiger partial charge in [-0.1, -0.05) is 35.8 Å². The van der Waals surface area contributed by atoms with Crippen molar-refractivity contribution in [3.63, 3.8) is 0 Å². The molecule has 0 N–H and O–H groups in total. The maximum atomic E-state index is 6.32. The molecule has 198 valence electrons. The van der Waals surface area contributed by atoms with Crippen LogP contribution in [0.2, 0.25) is 0 Å². The summed E-state index contributed by atoms with van der Waals surface area (Å²) in [6, 6.07) is 36.0. The predicted molar refractivity (Wildman–Crippen MR) is 159 cm³/mol. The first kappa shape index (κ1) is 24.9. The van der Waals surface area contributed by atoms with Crippen LogP contribution in [-0.4, -0.2) is 21.5 Å². The van der Waals surface area contributed by atoms with Crippen molar-refractivity contribution in [1.29, 1.82) is 0 Å². The van der Waals surface area contributed by atoms with Crippen LogP contribution in [0.1, 0.15) is 0 Å². The number of nitrogens with zero attached hydrogens (tertiary/aromatic N) is 4. The van der Waals surface area contributed by atoms with Gasteiger partial charge in [-0.05, 0) is 49.1 Å². The minimum atomic E-state index is 0. The third-order valence-corrected chi connectivity index (χ3v) is 8.19. The zero-order valence-electron chi connectivity index (χ0n) is 21.3. The maximum Gasteiger partial charge on any atom is 0.135 e. The molecule has 8 rings (SSSR count). The van der Waals surface area contributed by atoms with Crippen LogP contribution < -0.4 is 9.64 Å². The van der Waals surface area contributed by atoms with Crippen LogP contribution in [0.25, 0.3) is 47.8 Å². The fraction of sp³-hybridized carbons (Fsp3) is 0.0303. The summed E-state index contributed by atoms with van der Waals surface area (Å²) in [4.78, 5) is 8.75. The average molecular weight is 717 g/mol. The second-order valence-electron chi connectivity index (χ2n) is 9.53. The molecule has 0 amide bonds. The van der Waals surface area contributed by atoms with Crippen molar-refractivity contribution >= 4 is 59.0 Å². The molecule has 1 aliphatic rings. The van der Waals surface area contributed by atoms with Crippen molar-refractivity contribution in [2.45, 2.75) is 0 Å². The molecule has 40 heavy (non-hydrogen) atoms. The van der Waals surface area contributed by atoms with Crippen LogP contribution in [0.15, 0.2) is 104 Å². The average Bonchev–Trinajstić information content (AvgIpc) is 3.66. The zero-order valence-corrected chi connectivity index (χ0v) is 24.4. The second-order valence-corrected chi connectivity index (χ2v) is 10.6. The Balaban J connectivity index is 0.00000264. The molecule has 0 saturated heterocycles. The fourth-order valence-corrected chi connectivity index (χ4v) is 6.46. The normalized spacial score (nSPS) is 13.1. The Bertz CT molecular complexity index is 2060. The van der Waals surface area contributed by atoms with Crippen LogP contribution in [0.4, 0.5) is 5.69 Å². The van der Waals surface area contributed by atoms with Gasteiger partial charge in [-0.2, -0.15) is 18.8 Å². The van der Waals surface area contributed by atoms with Crippen LogP contribution in [-0.2, 0) is 21.1 Å². The van der Waals surface area contributed by atoms with Gasteiger partial charge in [0.25, 0.3) is 0 Å². The number of rotatable bonds is 4. The van der Waals surface area contributed by atoms with Gasteiger partial charge < -0.3 is 19.1 Å². The largest absolute Gasteiger partial charge is 0.510 e. The van der Waals surface area contributed by atoms with Crippen LogP contribution in [0.5, 0.6) is 11.5 Å². The fourth-order valence-electron chi connectivity index (χ4n) is 5.35. The number of hydrogen-bond acceptors (Lipinski definition) is 5. The summed E-state index contributed by atoms with van der Waals surface area (Å²) >= 11 is 1.82. The third-order valence-electron chi connectivity index (χ3n) is 7.05. The summed E-state index contributed by atoms with van der Waals surface area (Å²) in [5.41, 5.74) is 2.97. The molecule has 0 atom stereocenters. The molecule has 7 heteroatoms. The number of hydrogen-bond donors (Lipinski definition) is 0. The Kier molecular flexibility index (Phi) is 6.10. The van der Waals surface area contributed by atoms with E-state index in [1.54, 1.807) is 0 Å². The maximum absolute atomic E-state index is 6.32. The van der Waals surface area contributed by atoms with Gasteiger partial charge in [0.1, 0.15) is 5.82 Å². The Morgan fingerprint density at radius 1 is 0.775 bits per heavy atom. The Hall–Kier alpha value is -4.12. The van der Waals surface area contributed by atoms with Gasteiger partial charge in [0.15, 0.2) is 0 Å². The summed E-state index contributed by atoms with van der Waals surface area (Å²) in [6.45, 7) is 1.99. The molecule has 3 aromatic heterocycles. The van der Waals surface area contributed by atoms with Gasteiger partial charge in [-0.25, -0.2) is 4.98 Å². The van der Waals surface area contributed by atoms with E-state index < -0.39 is 0 Å². The van der Waals surface area contributed by atoms with E-state index in [1.165, 1.54) is 25.6 Å². The van der Waals surface area contributed by atoms with E-state index in [4.69, 9.17) is 9.72 Å². The van der Waals surface area contributed by atoms with E-state index >= 15 is 0 Å². The zero-order chi connectivity index (χ0) is 25.9. The van der Waals surface area contributed by atoms with E-state index in [1.807, 2.05) is 95.9 Å².